The van der Waals surface area contributed by atoms with Crippen LogP contribution in [-0.2, 0) is 5.41 Å². The van der Waals surface area contributed by atoms with Crippen molar-refractivity contribution in [3.63, 3.8) is 0 Å². The maximum absolute atomic E-state index is 5.83. The number of nitrogens with zero attached hydrogens (tertiary/aromatic N) is 1. The highest BCUT2D eigenvalue weighted by molar-refractivity contribution is 5.34. The quantitative estimate of drug-likeness (QED) is 0.739. The lowest BCUT2D eigenvalue weighted by molar-refractivity contribution is 0.298. The van der Waals surface area contributed by atoms with Crippen LogP contribution < -0.4 is 4.74 Å². The van der Waals surface area contributed by atoms with Crippen LogP contribution in [0.1, 0.15) is 44.9 Å². The standard InChI is InChI=1S/C13H19NO/c1-9-12(15-11-5-6-11)7-10(8-14-9)13(2,3)4/h7-8,11H,5-6H2,1-4H3. The van der Waals surface area contributed by atoms with E-state index in [0.29, 0.717) is 6.10 Å². The van der Waals surface area contributed by atoms with E-state index in [0.717, 1.165) is 11.4 Å². The van der Waals surface area contributed by atoms with Crippen molar-refractivity contribution in [3.05, 3.63) is 23.5 Å². The number of ether oxygens (including phenoxy) is 1. The predicted molar refractivity (Wildman–Crippen MR) is 61.3 cm³/mol. The number of rotatable bonds is 2. The number of aryl methyl sites for hydroxylation is 1. The van der Waals surface area contributed by atoms with E-state index in [9.17, 15) is 0 Å². The molecule has 0 unspecified atom stereocenters. The van der Waals surface area contributed by atoms with Crippen LogP contribution in [-0.4, -0.2) is 11.1 Å². The van der Waals surface area contributed by atoms with Gasteiger partial charge >= 0.3 is 0 Å². The van der Waals surface area contributed by atoms with E-state index >= 15 is 0 Å². The molecule has 0 atom stereocenters. The second-order valence-electron chi connectivity index (χ2n) is 5.37. The molecule has 2 heteroatoms. The van der Waals surface area contributed by atoms with E-state index < -0.39 is 0 Å². The van der Waals surface area contributed by atoms with Gasteiger partial charge in [-0.1, -0.05) is 20.8 Å². The number of hydrogen-bond acceptors (Lipinski definition) is 2. The molecular weight excluding hydrogens is 186 g/mol. The zero-order valence-corrected chi connectivity index (χ0v) is 10.0. The van der Waals surface area contributed by atoms with Gasteiger partial charge in [0.25, 0.3) is 0 Å². The molecule has 1 heterocycles. The fourth-order valence-corrected chi connectivity index (χ4v) is 1.41. The Morgan fingerprint density at radius 2 is 2.00 bits per heavy atom. The van der Waals surface area contributed by atoms with Gasteiger partial charge < -0.3 is 4.74 Å². The minimum Gasteiger partial charge on any atom is -0.489 e. The third kappa shape index (κ3) is 2.49. The van der Waals surface area contributed by atoms with Gasteiger partial charge in [-0.2, -0.15) is 0 Å². The van der Waals surface area contributed by atoms with Gasteiger partial charge in [-0.05, 0) is 36.8 Å². The van der Waals surface area contributed by atoms with Crippen molar-refractivity contribution in [1.29, 1.82) is 0 Å². The van der Waals surface area contributed by atoms with E-state index in [1.165, 1.54) is 18.4 Å². The zero-order valence-electron chi connectivity index (χ0n) is 10.0. The van der Waals surface area contributed by atoms with Crippen molar-refractivity contribution in [2.75, 3.05) is 0 Å². The molecule has 2 rings (SSSR count). The van der Waals surface area contributed by atoms with Crippen molar-refractivity contribution in [2.45, 2.75) is 52.1 Å². The first-order chi connectivity index (χ1) is 6.97. The van der Waals surface area contributed by atoms with E-state index in [4.69, 9.17) is 4.74 Å². The highest BCUT2D eigenvalue weighted by atomic mass is 16.5. The maximum atomic E-state index is 5.83. The molecule has 2 nitrogen and oxygen atoms in total. The monoisotopic (exact) mass is 205 g/mol. The van der Waals surface area contributed by atoms with Gasteiger partial charge in [0, 0.05) is 6.20 Å². The first-order valence-electron chi connectivity index (χ1n) is 5.60. The summed E-state index contributed by atoms with van der Waals surface area (Å²) in [6, 6.07) is 2.14. The minimum absolute atomic E-state index is 0.141. The fourth-order valence-electron chi connectivity index (χ4n) is 1.41. The molecule has 0 spiro atoms. The lowest BCUT2D eigenvalue weighted by atomic mass is 9.88. The zero-order chi connectivity index (χ0) is 11.1. The van der Waals surface area contributed by atoms with Crippen LogP contribution in [0, 0.1) is 6.92 Å². The maximum Gasteiger partial charge on any atom is 0.141 e. The summed E-state index contributed by atoms with van der Waals surface area (Å²) < 4.78 is 5.83. The highest BCUT2D eigenvalue weighted by Crippen LogP contribution is 2.31. The normalized spacial score (nSPS) is 16.5. The molecule has 0 N–H and O–H groups in total. The van der Waals surface area contributed by atoms with Gasteiger partial charge in [-0.3, -0.25) is 4.98 Å². The van der Waals surface area contributed by atoms with Crippen LogP contribution in [0.3, 0.4) is 0 Å². The van der Waals surface area contributed by atoms with Gasteiger partial charge in [0.15, 0.2) is 0 Å². The summed E-state index contributed by atoms with van der Waals surface area (Å²) in [5.74, 6) is 0.963. The molecular formula is C13H19NO. The minimum atomic E-state index is 0.141. The van der Waals surface area contributed by atoms with Crippen LogP contribution in [0.4, 0.5) is 0 Å². The first kappa shape index (κ1) is 10.5. The molecule has 0 aromatic carbocycles. The van der Waals surface area contributed by atoms with Crippen LogP contribution in [0.15, 0.2) is 12.3 Å². The van der Waals surface area contributed by atoms with E-state index in [1.807, 2.05) is 13.1 Å². The van der Waals surface area contributed by atoms with Crippen molar-refractivity contribution in [2.24, 2.45) is 0 Å². The second-order valence-corrected chi connectivity index (χ2v) is 5.37. The largest absolute Gasteiger partial charge is 0.489 e. The Balaban J connectivity index is 2.27. The lowest BCUT2D eigenvalue weighted by Gasteiger charge is -2.20. The summed E-state index contributed by atoms with van der Waals surface area (Å²) in [7, 11) is 0. The summed E-state index contributed by atoms with van der Waals surface area (Å²) in [5, 5.41) is 0. The van der Waals surface area contributed by atoms with Crippen LogP contribution in [0.25, 0.3) is 0 Å². The predicted octanol–water partition coefficient (Wildman–Crippen LogP) is 3.23. The number of pyridine rings is 1. The summed E-state index contributed by atoms with van der Waals surface area (Å²) >= 11 is 0. The van der Waals surface area contributed by atoms with Crippen molar-refractivity contribution in [3.8, 4) is 5.75 Å². The molecule has 1 aliphatic rings. The van der Waals surface area contributed by atoms with E-state index in [2.05, 4.69) is 31.8 Å². The van der Waals surface area contributed by atoms with Crippen molar-refractivity contribution < 1.29 is 4.74 Å². The molecule has 1 aliphatic carbocycles. The summed E-state index contributed by atoms with van der Waals surface area (Å²) in [6.45, 7) is 8.59. The number of hydrogen-bond donors (Lipinski definition) is 0. The summed E-state index contributed by atoms with van der Waals surface area (Å²) in [5.41, 5.74) is 2.38. The molecule has 1 fully saturated rings. The second kappa shape index (κ2) is 3.51. The van der Waals surface area contributed by atoms with Crippen LogP contribution in [0.2, 0.25) is 0 Å². The number of aromatic nitrogens is 1. The molecule has 0 aliphatic heterocycles. The Morgan fingerprint density at radius 1 is 1.33 bits per heavy atom. The van der Waals surface area contributed by atoms with Gasteiger partial charge in [0.05, 0.1) is 11.8 Å². The van der Waals surface area contributed by atoms with Crippen molar-refractivity contribution >= 4 is 0 Å². The lowest BCUT2D eigenvalue weighted by Crippen LogP contribution is -2.12. The Hall–Kier alpha value is -1.05. The third-order valence-electron chi connectivity index (χ3n) is 2.72. The Kier molecular flexibility index (Phi) is 2.45. The van der Waals surface area contributed by atoms with Crippen LogP contribution in [0.5, 0.6) is 5.75 Å². The molecule has 1 aromatic rings. The Morgan fingerprint density at radius 3 is 2.53 bits per heavy atom. The molecule has 0 bridgehead atoms. The summed E-state index contributed by atoms with van der Waals surface area (Å²) in [6.07, 6.45) is 4.79. The Bertz CT molecular complexity index is 361. The van der Waals surface area contributed by atoms with E-state index in [-0.39, 0.29) is 5.41 Å². The van der Waals surface area contributed by atoms with Gasteiger partial charge in [-0.25, -0.2) is 0 Å². The molecule has 0 amide bonds. The molecule has 0 radical (unpaired) electrons. The van der Waals surface area contributed by atoms with Crippen molar-refractivity contribution in [1.82, 2.24) is 4.98 Å². The van der Waals surface area contributed by atoms with Gasteiger partial charge in [-0.15, -0.1) is 0 Å². The molecule has 0 saturated heterocycles. The average Bonchev–Trinajstić information content (AvgIpc) is 2.90. The van der Waals surface area contributed by atoms with Gasteiger partial charge in [0.1, 0.15) is 5.75 Å². The average molecular weight is 205 g/mol. The fraction of sp³-hybridized carbons (Fsp3) is 0.615. The smallest absolute Gasteiger partial charge is 0.141 e. The topological polar surface area (TPSA) is 22.1 Å². The molecule has 1 aromatic heterocycles. The SMILES string of the molecule is Cc1ncc(C(C)(C)C)cc1OC1CC1. The Labute approximate surface area is 91.7 Å². The first-order valence-corrected chi connectivity index (χ1v) is 5.60. The summed E-state index contributed by atoms with van der Waals surface area (Å²) in [4.78, 5) is 4.40. The third-order valence-corrected chi connectivity index (χ3v) is 2.72. The molecule has 1 saturated carbocycles. The van der Waals surface area contributed by atoms with Gasteiger partial charge in [0.2, 0.25) is 0 Å². The molecule has 15 heavy (non-hydrogen) atoms. The highest BCUT2D eigenvalue weighted by Gasteiger charge is 2.25. The van der Waals surface area contributed by atoms with E-state index in [1.54, 1.807) is 0 Å². The molecule has 82 valence electrons. The van der Waals surface area contributed by atoms with Crippen LogP contribution >= 0.6 is 0 Å².